The summed E-state index contributed by atoms with van der Waals surface area (Å²) in [4.78, 5) is 22.5. The van der Waals surface area contributed by atoms with Crippen LogP contribution in [0.5, 0.6) is 0 Å². The molecule has 2 aromatic rings. The van der Waals surface area contributed by atoms with Gasteiger partial charge in [-0.25, -0.2) is 4.68 Å². The van der Waals surface area contributed by atoms with Crippen LogP contribution >= 0.6 is 23.4 Å². The predicted molar refractivity (Wildman–Crippen MR) is 103 cm³/mol. The molecule has 1 fully saturated rings. The van der Waals surface area contributed by atoms with Gasteiger partial charge in [0.05, 0.1) is 21.4 Å². The van der Waals surface area contributed by atoms with Crippen molar-refractivity contribution in [2.75, 3.05) is 16.9 Å². The summed E-state index contributed by atoms with van der Waals surface area (Å²) in [5.74, 6) is 6.81. The van der Waals surface area contributed by atoms with Crippen LogP contribution in [0.3, 0.4) is 0 Å². The lowest BCUT2D eigenvalue weighted by Crippen LogP contribution is -2.20. The highest BCUT2D eigenvalue weighted by atomic mass is 35.5. The van der Waals surface area contributed by atoms with Gasteiger partial charge in [-0.05, 0) is 18.9 Å². The van der Waals surface area contributed by atoms with E-state index in [-0.39, 0.29) is 28.1 Å². The molecule has 0 saturated heterocycles. The van der Waals surface area contributed by atoms with Gasteiger partial charge >= 0.3 is 0 Å². The molecular formula is C16H19ClN6O3S. The average Bonchev–Trinajstić information content (AvgIpc) is 3.03. The molecule has 0 spiro atoms. The van der Waals surface area contributed by atoms with E-state index >= 15 is 0 Å². The van der Waals surface area contributed by atoms with E-state index in [2.05, 4.69) is 15.5 Å². The second kappa shape index (κ2) is 8.57. The molecule has 1 aliphatic carbocycles. The largest absolute Gasteiger partial charge is 0.336 e. The van der Waals surface area contributed by atoms with Crippen LogP contribution in [0.4, 0.5) is 11.4 Å². The number of aromatic nitrogens is 3. The fourth-order valence-corrected chi connectivity index (χ4v) is 3.89. The zero-order valence-corrected chi connectivity index (χ0v) is 16.0. The van der Waals surface area contributed by atoms with Crippen LogP contribution < -0.4 is 11.2 Å². The standard InChI is InChI=1S/C16H19ClN6O3S/c17-12-7-6-11(23(25)26)8-13(12)19-14(24)9-27-16-21-20-15(22(16)18)10-4-2-1-3-5-10/h6-8,10H,1-5,9,18H2,(H,19,24). The molecule has 1 aromatic carbocycles. The van der Waals surface area contributed by atoms with Crippen molar-refractivity contribution >= 4 is 40.6 Å². The molecule has 9 nitrogen and oxygen atoms in total. The quantitative estimate of drug-likeness (QED) is 0.323. The van der Waals surface area contributed by atoms with Crippen molar-refractivity contribution in [3.05, 3.63) is 39.2 Å². The fourth-order valence-electron chi connectivity index (χ4n) is 3.06. The normalized spacial score (nSPS) is 14.9. The zero-order valence-electron chi connectivity index (χ0n) is 14.4. The molecule has 11 heteroatoms. The summed E-state index contributed by atoms with van der Waals surface area (Å²) in [5.41, 5.74) is 0.0368. The number of nitrogens with zero attached hydrogens (tertiary/aromatic N) is 4. The van der Waals surface area contributed by atoms with Crippen LogP contribution in [0, 0.1) is 10.1 Å². The van der Waals surface area contributed by atoms with Crippen LogP contribution in [0.1, 0.15) is 43.8 Å². The molecule has 0 aliphatic heterocycles. The predicted octanol–water partition coefficient (Wildman–Crippen LogP) is 3.33. The van der Waals surface area contributed by atoms with E-state index in [1.165, 1.54) is 29.3 Å². The summed E-state index contributed by atoms with van der Waals surface area (Å²) in [6.45, 7) is 0. The lowest BCUT2D eigenvalue weighted by atomic mass is 9.89. The molecule has 27 heavy (non-hydrogen) atoms. The Morgan fingerprint density at radius 2 is 2.11 bits per heavy atom. The van der Waals surface area contributed by atoms with Gasteiger partial charge in [-0.15, -0.1) is 10.2 Å². The summed E-state index contributed by atoms with van der Waals surface area (Å²) in [7, 11) is 0. The molecule has 144 valence electrons. The molecule has 0 atom stereocenters. The summed E-state index contributed by atoms with van der Waals surface area (Å²) in [6.07, 6.45) is 5.65. The van der Waals surface area contributed by atoms with Crippen LogP contribution in [0.2, 0.25) is 5.02 Å². The number of rotatable bonds is 6. The fraction of sp³-hybridized carbons (Fsp3) is 0.438. The Labute approximate surface area is 164 Å². The number of nitrogens with two attached hydrogens (primary N) is 1. The Kier molecular flexibility index (Phi) is 6.17. The second-order valence-electron chi connectivity index (χ2n) is 6.30. The number of non-ortho nitro benzene ring substituents is 1. The summed E-state index contributed by atoms with van der Waals surface area (Å²) in [5, 5.41) is 22.4. The number of nitrogens with one attached hydrogen (secondary N) is 1. The van der Waals surface area contributed by atoms with Crippen molar-refractivity contribution in [2.24, 2.45) is 0 Å². The smallest absolute Gasteiger partial charge is 0.271 e. The topological polar surface area (TPSA) is 129 Å². The van der Waals surface area contributed by atoms with Crippen molar-refractivity contribution < 1.29 is 9.72 Å². The van der Waals surface area contributed by atoms with E-state index < -0.39 is 4.92 Å². The molecular weight excluding hydrogens is 392 g/mol. The Morgan fingerprint density at radius 3 is 2.81 bits per heavy atom. The van der Waals surface area contributed by atoms with E-state index in [0.29, 0.717) is 11.1 Å². The molecule has 1 saturated carbocycles. The number of amides is 1. The maximum atomic E-state index is 12.2. The number of nitro benzene ring substituents is 1. The number of halogens is 1. The molecule has 1 amide bonds. The maximum absolute atomic E-state index is 12.2. The number of hydrogen-bond acceptors (Lipinski definition) is 7. The summed E-state index contributed by atoms with van der Waals surface area (Å²) in [6, 6.07) is 3.86. The zero-order chi connectivity index (χ0) is 19.4. The molecule has 1 aromatic heterocycles. The van der Waals surface area contributed by atoms with Gasteiger partial charge in [-0.3, -0.25) is 14.9 Å². The molecule has 3 rings (SSSR count). The summed E-state index contributed by atoms with van der Waals surface area (Å²) >= 11 is 7.14. The number of benzene rings is 1. The van der Waals surface area contributed by atoms with Crippen molar-refractivity contribution in [2.45, 2.75) is 43.2 Å². The highest BCUT2D eigenvalue weighted by molar-refractivity contribution is 7.99. The molecule has 0 bridgehead atoms. The van der Waals surface area contributed by atoms with Gasteiger partial charge in [0, 0.05) is 18.1 Å². The maximum Gasteiger partial charge on any atom is 0.271 e. The van der Waals surface area contributed by atoms with Crippen molar-refractivity contribution in [1.29, 1.82) is 0 Å². The third-order valence-electron chi connectivity index (χ3n) is 4.43. The van der Waals surface area contributed by atoms with E-state index in [0.717, 1.165) is 43.3 Å². The van der Waals surface area contributed by atoms with Crippen molar-refractivity contribution in [3.63, 3.8) is 0 Å². The Hall–Kier alpha value is -2.33. The first-order valence-corrected chi connectivity index (χ1v) is 9.89. The van der Waals surface area contributed by atoms with Gasteiger partial charge < -0.3 is 11.2 Å². The van der Waals surface area contributed by atoms with E-state index in [4.69, 9.17) is 17.4 Å². The SMILES string of the molecule is Nn1c(SCC(=O)Nc2cc([N+](=O)[O-])ccc2Cl)nnc1C1CCCCC1. The van der Waals surface area contributed by atoms with Gasteiger partial charge in [-0.1, -0.05) is 42.6 Å². The third kappa shape index (κ3) is 4.69. The van der Waals surface area contributed by atoms with E-state index in [9.17, 15) is 14.9 Å². The Balaban J connectivity index is 1.60. The van der Waals surface area contributed by atoms with Gasteiger partial charge in [-0.2, -0.15) is 0 Å². The molecule has 0 unspecified atom stereocenters. The average molecular weight is 411 g/mol. The lowest BCUT2D eigenvalue weighted by molar-refractivity contribution is -0.384. The highest BCUT2D eigenvalue weighted by Gasteiger charge is 2.23. The van der Waals surface area contributed by atoms with E-state index in [1.54, 1.807) is 0 Å². The Morgan fingerprint density at radius 1 is 1.37 bits per heavy atom. The van der Waals surface area contributed by atoms with Gasteiger partial charge in [0.15, 0.2) is 5.82 Å². The lowest BCUT2D eigenvalue weighted by Gasteiger charge is -2.20. The van der Waals surface area contributed by atoms with Gasteiger partial charge in [0.25, 0.3) is 5.69 Å². The number of nitro groups is 1. The Bertz CT molecular complexity index is 853. The molecule has 3 N–H and O–H groups in total. The van der Waals surface area contributed by atoms with Crippen molar-refractivity contribution in [1.82, 2.24) is 14.9 Å². The number of carbonyl (C=O) groups excluding carboxylic acids is 1. The first-order valence-electron chi connectivity index (χ1n) is 8.52. The number of nitrogen functional groups attached to an aromatic ring is 1. The first-order chi connectivity index (χ1) is 13.0. The highest BCUT2D eigenvalue weighted by Crippen LogP contribution is 2.32. The molecule has 0 radical (unpaired) electrons. The monoisotopic (exact) mass is 410 g/mol. The first kappa shape index (κ1) is 19.4. The van der Waals surface area contributed by atoms with Gasteiger partial charge in [0.1, 0.15) is 0 Å². The minimum absolute atomic E-state index is 0.0268. The van der Waals surface area contributed by atoms with E-state index in [1.807, 2.05) is 0 Å². The third-order valence-corrected chi connectivity index (χ3v) is 5.70. The minimum atomic E-state index is -0.551. The number of carbonyl (C=O) groups is 1. The molecule has 1 heterocycles. The summed E-state index contributed by atoms with van der Waals surface area (Å²) < 4.78 is 1.45. The van der Waals surface area contributed by atoms with Crippen LogP contribution in [-0.2, 0) is 4.79 Å². The minimum Gasteiger partial charge on any atom is -0.336 e. The molecule has 1 aliphatic rings. The van der Waals surface area contributed by atoms with Crippen LogP contribution in [0.25, 0.3) is 0 Å². The number of thioether (sulfide) groups is 1. The number of hydrogen-bond donors (Lipinski definition) is 2. The van der Waals surface area contributed by atoms with Crippen LogP contribution in [-0.4, -0.2) is 31.5 Å². The number of anilines is 1. The van der Waals surface area contributed by atoms with Crippen LogP contribution in [0.15, 0.2) is 23.4 Å². The van der Waals surface area contributed by atoms with Crippen molar-refractivity contribution in [3.8, 4) is 0 Å². The second-order valence-corrected chi connectivity index (χ2v) is 7.65. The van der Waals surface area contributed by atoms with Gasteiger partial charge in [0.2, 0.25) is 11.1 Å².